The minimum Gasteiger partial charge on any atom is -0.372 e. The Labute approximate surface area is 133 Å². The van der Waals surface area contributed by atoms with Crippen LogP contribution in [0.5, 0.6) is 0 Å². The molecular formula is C18H28N2O2. The fraction of sp³-hybridized carbons (Fsp3) is 0.611. The van der Waals surface area contributed by atoms with Crippen molar-refractivity contribution < 1.29 is 9.53 Å². The predicted octanol–water partition coefficient (Wildman–Crippen LogP) is 3.43. The molecule has 0 aliphatic heterocycles. The number of hydrogen-bond donors (Lipinski definition) is 1. The first-order valence-corrected chi connectivity index (χ1v) is 8.36. The molecule has 0 unspecified atom stereocenters. The minimum atomic E-state index is -0.0883. The molecule has 0 heterocycles. The van der Waals surface area contributed by atoms with Crippen LogP contribution >= 0.6 is 0 Å². The summed E-state index contributed by atoms with van der Waals surface area (Å²) in [7, 11) is 2.19. The topological polar surface area (TPSA) is 41.6 Å². The Morgan fingerprint density at radius 2 is 2.00 bits per heavy atom. The van der Waals surface area contributed by atoms with Crippen LogP contribution < -0.4 is 5.32 Å². The normalized spacial score (nSPS) is 16.0. The Hall–Kier alpha value is -1.39. The van der Waals surface area contributed by atoms with Crippen LogP contribution in [0.1, 0.15) is 44.6 Å². The van der Waals surface area contributed by atoms with Gasteiger partial charge in [0, 0.05) is 24.9 Å². The molecule has 1 fully saturated rings. The summed E-state index contributed by atoms with van der Waals surface area (Å²) in [6.45, 7) is 3.43. The number of carbonyl (C=O) groups excluding carboxylic acids is 1. The Balaban J connectivity index is 1.96. The van der Waals surface area contributed by atoms with Gasteiger partial charge in [-0.3, -0.25) is 9.69 Å². The molecule has 1 aliphatic rings. The van der Waals surface area contributed by atoms with Crippen LogP contribution in [0.25, 0.3) is 0 Å². The zero-order valence-electron chi connectivity index (χ0n) is 13.8. The van der Waals surface area contributed by atoms with Crippen LogP contribution in [0, 0.1) is 0 Å². The van der Waals surface area contributed by atoms with Crippen molar-refractivity contribution in [2.45, 2.75) is 51.6 Å². The number of ether oxygens (including phenoxy) is 1. The first-order chi connectivity index (χ1) is 10.7. The molecule has 0 saturated heterocycles. The van der Waals surface area contributed by atoms with E-state index in [1.54, 1.807) is 0 Å². The van der Waals surface area contributed by atoms with Crippen molar-refractivity contribution >= 4 is 11.6 Å². The lowest BCUT2D eigenvalue weighted by Crippen LogP contribution is -2.33. The SMILES string of the molecule is CCOCC(=O)Nc1ccccc1CN(C)C1CCCCC1. The lowest BCUT2D eigenvalue weighted by atomic mass is 9.94. The van der Waals surface area contributed by atoms with E-state index >= 15 is 0 Å². The molecule has 1 aromatic carbocycles. The van der Waals surface area contributed by atoms with E-state index in [1.807, 2.05) is 25.1 Å². The lowest BCUT2D eigenvalue weighted by Gasteiger charge is -2.31. The third-order valence-electron chi connectivity index (χ3n) is 4.35. The van der Waals surface area contributed by atoms with Gasteiger partial charge < -0.3 is 10.1 Å². The molecule has 1 amide bonds. The zero-order chi connectivity index (χ0) is 15.8. The second kappa shape index (κ2) is 8.91. The molecule has 0 spiro atoms. The predicted molar refractivity (Wildman–Crippen MR) is 89.9 cm³/mol. The highest BCUT2D eigenvalue weighted by Crippen LogP contribution is 2.24. The lowest BCUT2D eigenvalue weighted by molar-refractivity contribution is -0.120. The van der Waals surface area contributed by atoms with E-state index in [4.69, 9.17) is 4.74 Å². The van der Waals surface area contributed by atoms with Crippen LogP contribution in [0.4, 0.5) is 5.69 Å². The zero-order valence-corrected chi connectivity index (χ0v) is 13.8. The standard InChI is InChI=1S/C18H28N2O2/c1-3-22-14-18(21)19-17-12-8-7-9-15(17)13-20(2)16-10-5-4-6-11-16/h7-9,12,16H,3-6,10-11,13-14H2,1-2H3,(H,19,21). The van der Waals surface area contributed by atoms with Crippen molar-refractivity contribution in [2.75, 3.05) is 25.6 Å². The second-order valence-corrected chi connectivity index (χ2v) is 6.05. The van der Waals surface area contributed by atoms with Gasteiger partial charge in [-0.05, 0) is 38.4 Å². The summed E-state index contributed by atoms with van der Waals surface area (Å²) in [5.41, 5.74) is 2.07. The van der Waals surface area contributed by atoms with Crippen LogP contribution in [0.3, 0.4) is 0 Å². The molecule has 0 radical (unpaired) electrons. The number of rotatable bonds is 7. The number of benzene rings is 1. The summed E-state index contributed by atoms with van der Waals surface area (Å²) >= 11 is 0. The Kier molecular flexibility index (Phi) is 6.87. The maximum absolute atomic E-state index is 11.9. The first kappa shape index (κ1) is 17.0. The van der Waals surface area contributed by atoms with Gasteiger partial charge in [-0.15, -0.1) is 0 Å². The van der Waals surface area contributed by atoms with Gasteiger partial charge in [0.15, 0.2) is 0 Å². The van der Waals surface area contributed by atoms with Gasteiger partial charge >= 0.3 is 0 Å². The highest BCUT2D eigenvalue weighted by atomic mass is 16.5. The van der Waals surface area contributed by atoms with Gasteiger partial charge in [0.25, 0.3) is 0 Å². The molecule has 1 aromatic rings. The van der Waals surface area contributed by atoms with Crippen LogP contribution in [0.2, 0.25) is 0 Å². The quantitative estimate of drug-likeness (QED) is 0.839. The summed E-state index contributed by atoms with van der Waals surface area (Å²) < 4.78 is 5.16. The average Bonchev–Trinajstić information content (AvgIpc) is 2.55. The van der Waals surface area contributed by atoms with Gasteiger partial charge in [0.2, 0.25) is 5.91 Å². The van der Waals surface area contributed by atoms with E-state index in [0.717, 1.165) is 12.2 Å². The monoisotopic (exact) mass is 304 g/mol. The summed E-state index contributed by atoms with van der Waals surface area (Å²) in [6, 6.07) is 8.72. The van der Waals surface area contributed by atoms with E-state index in [-0.39, 0.29) is 12.5 Å². The molecule has 122 valence electrons. The van der Waals surface area contributed by atoms with Crippen molar-refractivity contribution in [2.24, 2.45) is 0 Å². The van der Waals surface area contributed by atoms with E-state index in [9.17, 15) is 4.79 Å². The van der Waals surface area contributed by atoms with Gasteiger partial charge in [0.1, 0.15) is 6.61 Å². The van der Waals surface area contributed by atoms with Gasteiger partial charge in [-0.2, -0.15) is 0 Å². The first-order valence-electron chi connectivity index (χ1n) is 8.36. The number of amides is 1. The van der Waals surface area contributed by atoms with Gasteiger partial charge in [0.05, 0.1) is 0 Å². The van der Waals surface area contributed by atoms with Crippen molar-refractivity contribution in [1.82, 2.24) is 4.90 Å². The molecule has 4 heteroatoms. The average molecular weight is 304 g/mol. The number of nitrogens with zero attached hydrogens (tertiary/aromatic N) is 1. The summed E-state index contributed by atoms with van der Waals surface area (Å²) in [6.07, 6.45) is 6.61. The smallest absolute Gasteiger partial charge is 0.250 e. The van der Waals surface area contributed by atoms with E-state index in [2.05, 4.69) is 23.3 Å². The van der Waals surface area contributed by atoms with Crippen molar-refractivity contribution in [3.63, 3.8) is 0 Å². The Morgan fingerprint density at radius 1 is 1.27 bits per heavy atom. The summed E-state index contributed by atoms with van der Waals surface area (Å²) in [5.74, 6) is -0.0883. The minimum absolute atomic E-state index is 0.0883. The molecule has 2 rings (SSSR count). The van der Waals surface area contributed by atoms with Crippen LogP contribution in [-0.2, 0) is 16.1 Å². The third kappa shape index (κ3) is 5.11. The Bertz CT molecular complexity index is 470. The molecule has 4 nitrogen and oxygen atoms in total. The molecule has 0 bridgehead atoms. The second-order valence-electron chi connectivity index (χ2n) is 6.05. The fourth-order valence-electron chi connectivity index (χ4n) is 3.08. The number of anilines is 1. The van der Waals surface area contributed by atoms with E-state index in [1.165, 1.54) is 37.7 Å². The van der Waals surface area contributed by atoms with E-state index in [0.29, 0.717) is 12.6 Å². The molecule has 1 N–H and O–H groups in total. The molecule has 1 aliphatic carbocycles. The molecule has 1 saturated carbocycles. The number of hydrogen-bond acceptors (Lipinski definition) is 3. The van der Waals surface area contributed by atoms with Gasteiger partial charge in [-0.1, -0.05) is 37.5 Å². The molecule has 0 aromatic heterocycles. The van der Waals surface area contributed by atoms with Crippen LogP contribution in [0.15, 0.2) is 24.3 Å². The molecule has 0 atom stereocenters. The summed E-state index contributed by atoms with van der Waals surface area (Å²) in [5, 5.41) is 2.96. The van der Waals surface area contributed by atoms with Crippen LogP contribution in [-0.4, -0.2) is 37.1 Å². The Morgan fingerprint density at radius 3 is 2.73 bits per heavy atom. The fourth-order valence-corrected chi connectivity index (χ4v) is 3.08. The highest BCUT2D eigenvalue weighted by Gasteiger charge is 2.19. The third-order valence-corrected chi connectivity index (χ3v) is 4.35. The maximum Gasteiger partial charge on any atom is 0.250 e. The molecular weight excluding hydrogens is 276 g/mol. The highest BCUT2D eigenvalue weighted by molar-refractivity contribution is 5.92. The van der Waals surface area contributed by atoms with Gasteiger partial charge in [-0.25, -0.2) is 0 Å². The largest absolute Gasteiger partial charge is 0.372 e. The van der Waals surface area contributed by atoms with Crippen molar-refractivity contribution in [1.29, 1.82) is 0 Å². The van der Waals surface area contributed by atoms with E-state index < -0.39 is 0 Å². The number of nitrogens with one attached hydrogen (secondary N) is 1. The van der Waals surface area contributed by atoms with Crippen molar-refractivity contribution in [3.05, 3.63) is 29.8 Å². The summed E-state index contributed by atoms with van der Waals surface area (Å²) in [4.78, 5) is 14.3. The maximum atomic E-state index is 11.9. The number of para-hydroxylation sites is 1. The number of carbonyl (C=O) groups is 1. The van der Waals surface area contributed by atoms with Crippen molar-refractivity contribution in [3.8, 4) is 0 Å². The molecule has 22 heavy (non-hydrogen) atoms.